The van der Waals surface area contributed by atoms with E-state index in [1.807, 2.05) is 24.6 Å². The summed E-state index contributed by atoms with van der Waals surface area (Å²) in [6, 6.07) is 0. The Balaban J connectivity index is 2.15. The van der Waals surface area contributed by atoms with Crippen LogP contribution in [0.5, 0.6) is 0 Å². The molecule has 5 nitrogen and oxygen atoms in total. The van der Waals surface area contributed by atoms with Crippen LogP contribution in [0.25, 0.3) is 0 Å². The Kier molecular flexibility index (Phi) is 4.28. The molecule has 0 radical (unpaired) electrons. The van der Waals surface area contributed by atoms with Crippen LogP contribution < -0.4 is 0 Å². The lowest BCUT2D eigenvalue weighted by Crippen LogP contribution is -2.11. The monoisotopic (exact) mass is 277 g/mol. The largest absolute Gasteiger partial charge is 0.443 e. The van der Waals surface area contributed by atoms with Crippen LogP contribution in [0.1, 0.15) is 58.2 Å². The molecular weight excluding hydrogens is 254 g/mol. The predicted molar refractivity (Wildman–Crippen MR) is 76.6 cm³/mol. The van der Waals surface area contributed by atoms with Gasteiger partial charge < -0.3 is 13.7 Å². The van der Waals surface area contributed by atoms with Crippen molar-refractivity contribution in [1.82, 2.24) is 14.5 Å². The van der Waals surface area contributed by atoms with Crippen molar-refractivity contribution in [2.45, 2.75) is 52.7 Å². The highest BCUT2D eigenvalue weighted by atomic mass is 16.5. The topological polar surface area (TPSA) is 53.1 Å². The van der Waals surface area contributed by atoms with Crippen molar-refractivity contribution in [3.05, 3.63) is 36.1 Å². The summed E-state index contributed by atoms with van der Waals surface area (Å²) in [6.45, 7) is 11.5. The van der Waals surface area contributed by atoms with Crippen LogP contribution in [0.2, 0.25) is 0 Å². The van der Waals surface area contributed by atoms with Crippen LogP contribution in [0.4, 0.5) is 0 Å². The van der Waals surface area contributed by atoms with Crippen molar-refractivity contribution in [1.29, 1.82) is 0 Å². The zero-order chi connectivity index (χ0) is 14.8. The standard InChI is InChI=1S/C15H23N3O2/c1-6-19-11(2)14-16-7-8-18(14)10-13-17-9-12(20-13)15(3,4)5/h7-9,11H,6,10H2,1-5H3/t11-/m1/s1. The molecule has 0 aromatic carbocycles. The second-order valence-electron chi connectivity index (χ2n) is 5.88. The van der Waals surface area contributed by atoms with Gasteiger partial charge in [0, 0.05) is 24.4 Å². The van der Waals surface area contributed by atoms with Gasteiger partial charge in [-0.2, -0.15) is 0 Å². The third-order valence-corrected chi connectivity index (χ3v) is 3.13. The number of hydrogen-bond acceptors (Lipinski definition) is 4. The van der Waals surface area contributed by atoms with Gasteiger partial charge in [0.15, 0.2) is 0 Å². The summed E-state index contributed by atoms with van der Waals surface area (Å²) in [5, 5.41) is 0. The van der Waals surface area contributed by atoms with Gasteiger partial charge in [0.1, 0.15) is 24.2 Å². The summed E-state index contributed by atoms with van der Waals surface area (Å²) in [4.78, 5) is 8.70. The van der Waals surface area contributed by atoms with E-state index < -0.39 is 0 Å². The second-order valence-corrected chi connectivity index (χ2v) is 5.88. The molecule has 2 rings (SSSR count). The third-order valence-electron chi connectivity index (χ3n) is 3.13. The minimum atomic E-state index is -0.0351. The zero-order valence-corrected chi connectivity index (χ0v) is 12.9. The van der Waals surface area contributed by atoms with Crippen LogP contribution >= 0.6 is 0 Å². The van der Waals surface area contributed by atoms with Crippen LogP contribution in [0, 0.1) is 0 Å². The van der Waals surface area contributed by atoms with Gasteiger partial charge in [-0.25, -0.2) is 9.97 Å². The molecular formula is C15H23N3O2. The van der Waals surface area contributed by atoms with Gasteiger partial charge in [0.05, 0.1) is 6.20 Å². The van der Waals surface area contributed by atoms with Gasteiger partial charge >= 0.3 is 0 Å². The van der Waals surface area contributed by atoms with Gasteiger partial charge in [-0.3, -0.25) is 0 Å². The molecule has 20 heavy (non-hydrogen) atoms. The van der Waals surface area contributed by atoms with Crippen LogP contribution in [0.3, 0.4) is 0 Å². The van der Waals surface area contributed by atoms with E-state index in [1.165, 1.54) is 0 Å². The first kappa shape index (κ1) is 14.8. The van der Waals surface area contributed by atoms with Gasteiger partial charge in [-0.05, 0) is 13.8 Å². The lowest BCUT2D eigenvalue weighted by atomic mass is 9.94. The number of oxazole rings is 1. The summed E-state index contributed by atoms with van der Waals surface area (Å²) in [6.07, 6.45) is 5.47. The highest BCUT2D eigenvalue weighted by Gasteiger charge is 2.20. The fourth-order valence-electron chi connectivity index (χ4n) is 2.01. The van der Waals surface area contributed by atoms with Crippen LogP contribution in [0.15, 0.2) is 23.0 Å². The highest BCUT2D eigenvalue weighted by molar-refractivity contribution is 5.07. The third kappa shape index (κ3) is 3.28. The highest BCUT2D eigenvalue weighted by Crippen LogP contribution is 2.23. The minimum absolute atomic E-state index is 0.0262. The summed E-state index contributed by atoms with van der Waals surface area (Å²) >= 11 is 0. The Labute approximate surface area is 120 Å². The summed E-state index contributed by atoms with van der Waals surface area (Å²) in [5.41, 5.74) is -0.0262. The number of nitrogens with zero attached hydrogens (tertiary/aromatic N) is 3. The maximum absolute atomic E-state index is 5.82. The van der Waals surface area contributed by atoms with Crippen molar-refractivity contribution in [2.75, 3.05) is 6.61 Å². The fourth-order valence-corrected chi connectivity index (χ4v) is 2.01. The Bertz CT molecular complexity index is 551. The summed E-state index contributed by atoms with van der Waals surface area (Å²) in [5.74, 6) is 2.48. The zero-order valence-electron chi connectivity index (χ0n) is 12.9. The molecule has 0 fully saturated rings. The van der Waals surface area contributed by atoms with Crippen molar-refractivity contribution >= 4 is 0 Å². The normalized spacial score (nSPS) is 13.7. The Morgan fingerprint density at radius 2 is 2.10 bits per heavy atom. The molecule has 0 aliphatic carbocycles. The van der Waals surface area contributed by atoms with E-state index in [0.29, 0.717) is 19.0 Å². The van der Waals surface area contributed by atoms with Gasteiger partial charge in [0.25, 0.3) is 0 Å². The van der Waals surface area contributed by atoms with E-state index in [-0.39, 0.29) is 11.5 Å². The van der Waals surface area contributed by atoms with E-state index in [9.17, 15) is 0 Å². The number of ether oxygens (including phenoxy) is 1. The average Bonchev–Trinajstić information content (AvgIpc) is 2.98. The molecule has 0 N–H and O–H groups in total. The quantitative estimate of drug-likeness (QED) is 0.841. The molecule has 2 heterocycles. The maximum atomic E-state index is 5.82. The molecule has 5 heteroatoms. The Hall–Kier alpha value is -1.62. The SMILES string of the molecule is CCO[C@H](C)c1nccn1Cc1ncc(C(C)(C)C)o1. The van der Waals surface area contributed by atoms with E-state index >= 15 is 0 Å². The second kappa shape index (κ2) is 5.79. The van der Waals surface area contributed by atoms with E-state index in [2.05, 4.69) is 30.7 Å². The Morgan fingerprint density at radius 1 is 1.35 bits per heavy atom. The number of imidazole rings is 1. The molecule has 0 bridgehead atoms. The summed E-state index contributed by atoms with van der Waals surface area (Å²) in [7, 11) is 0. The maximum Gasteiger partial charge on any atom is 0.214 e. The smallest absolute Gasteiger partial charge is 0.214 e. The first-order valence-corrected chi connectivity index (χ1v) is 6.99. The lowest BCUT2D eigenvalue weighted by Gasteiger charge is -2.14. The van der Waals surface area contributed by atoms with Gasteiger partial charge in [-0.1, -0.05) is 20.8 Å². The molecule has 110 valence electrons. The van der Waals surface area contributed by atoms with Gasteiger partial charge in [0.2, 0.25) is 5.89 Å². The minimum Gasteiger partial charge on any atom is -0.443 e. The number of hydrogen-bond donors (Lipinski definition) is 0. The van der Waals surface area contributed by atoms with Crippen molar-refractivity contribution < 1.29 is 9.15 Å². The summed E-state index contributed by atoms with van der Waals surface area (Å²) < 4.78 is 13.4. The van der Waals surface area contributed by atoms with Crippen molar-refractivity contribution in [2.24, 2.45) is 0 Å². The first-order chi connectivity index (χ1) is 9.41. The lowest BCUT2D eigenvalue weighted by molar-refractivity contribution is 0.0675. The molecule has 0 saturated carbocycles. The van der Waals surface area contributed by atoms with E-state index in [1.54, 1.807) is 12.4 Å². The van der Waals surface area contributed by atoms with Crippen molar-refractivity contribution in [3.63, 3.8) is 0 Å². The number of aromatic nitrogens is 3. The van der Waals surface area contributed by atoms with Crippen LogP contribution in [-0.4, -0.2) is 21.1 Å². The predicted octanol–water partition coefficient (Wildman–Crippen LogP) is 3.31. The van der Waals surface area contributed by atoms with E-state index in [4.69, 9.17) is 9.15 Å². The van der Waals surface area contributed by atoms with Crippen molar-refractivity contribution in [3.8, 4) is 0 Å². The van der Waals surface area contributed by atoms with Crippen LogP contribution in [-0.2, 0) is 16.7 Å². The first-order valence-electron chi connectivity index (χ1n) is 6.99. The molecule has 0 aliphatic heterocycles. The van der Waals surface area contributed by atoms with Gasteiger partial charge in [-0.15, -0.1) is 0 Å². The van der Waals surface area contributed by atoms with E-state index in [0.717, 1.165) is 11.6 Å². The average molecular weight is 277 g/mol. The molecule has 0 spiro atoms. The number of rotatable bonds is 5. The molecule has 0 saturated heterocycles. The Morgan fingerprint density at radius 3 is 2.70 bits per heavy atom. The molecule has 0 amide bonds. The molecule has 0 unspecified atom stereocenters. The molecule has 2 aromatic rings. The molecule has 2 aromatic heterocycles. The fraction of sp³-hybridized carbons (Fsp3) is 0.600. The molecule has 1 atom stereocenters. The molecule has 0 aliphatic rings.